The van der Waals surface area contributed by atoms with E-state index < -0.39 is 6.17 Å². The molecule has 0 bridgehead atoms. The van der Waals surface area contributed by atoms with Gasteiger partial charge in [0.25, 0.3) is 0 Å². The van der Waals surface area contributed by atoms with Crippen molar-refractivity contribution in [2.24, 2.45) is 7.05 Å². The van der Waals surface area contributed by atoms with Crippen LogP contribution in [0.2, 0.25) is 5.02 Å². The highest BCUT2D eigenvalue weighted by atomic mass is 35.5. The number of alkyl halides is 1. The summed E-state index contributed by atoms with van der Waals surface area (Å²) in [4.78, 5) is 10.5. The minimum absolute atomic E-state index is 0.000820. The molecule has 0 radical (unpaired) electrons. The molecule has 8 nitrogen and oxygen atoms in total. The standard InChI is InChI=1S/C16H20ClFN8/c1-25-10-12(6-22-25)23-16-21-8-14(17)15(24-16)20-7-13-5-11(18)9-26(13)4-2-3-19/h6,8,10-11,13H,2,4-5,7,9H2,1H3,(H2,20,21,23,24)/t11?,13-/m0/s1. The van der Waals surface area contributed by atoms with Gasteiger partial charge < -0.3 is 10.6 Å². The summed E-state index contributed by atoms with van der Waals surface area (Å²) in [5.74, 6) is 0.872. The molecule has 10 heteroatoms. The highest BCUT2D eigenvalue weighted by molar-refractivity contribution is 6.32. The van der Waals surface area contributed by atoms with Crippen molar-refractivity contribution in [2.45, 2.75) is 25.1 Å². The number of nitrogens with zero attached hydrogens (tertiary/aromatic N) is 6. The van der Waals surface area contributed by atoms with Crippen LogP contribution in [0.5, 0.6) is 0 Å². The third-order valence-corrected chi connectivity index (χ3v) is 4.47. The van der Waals surface area contributed by atoms with Gasteiger partial charge in [0, 0.05) is 45.3 Å². The van der Waals surface area contributed by atoms with Gasteiger partial charge in [-0.15, -0.1) is 0 Å². The molecule has 3 heterocycles. The topological polar surface area (TPSA) is 94.7 Å². The molecule has 26 heavy (non-hydrogen) atoms. The smallest absolute Gasteiger partial charge is 0.229 e. The van der Waals surface area contributed by atoms with Crippen molar-refractivity contribution in [1.29, 1.82) is 5.26 Å². The lowest BCUT2D eigenvalue weighted by Gasteiger charge is -2.23. The van der Waals surface area contributed by atoms with Gasteiger partial charge in [0.2, 0.25) is 5.95 Å². The maximum absolute atomic E-state index is 13.7. The lowest BCUT2D eigenvalue weighted by atomic mass is 10.2. The fourth-order valence-corrected chi connectivity index (χ4v) is 3.14. The number of hydrogen-bond donors (Lipinski definition) is 2. The molecular formula is C16H20ClFN8. The average molecular weight is 379 g/mol. The van der Waals surface area contributed by atoms with E-state index in [-0.39, 0.29) is 6.04 Å². The van der Waals surface area contributed by atoms with Gasteiger partial charge in [-0.3, -0.25) is 9.58 Å². The van der Waals surface area contributed by atoms with Crippen molar-refractivity contribution >= 4 is 29.1 Å². The average Bonchev–Trinajstić information content (AvgIpc) is 3.18. The molecule has 0 aromatic carbocycles. The zero-order valence-electron chi connectivity index (χ0n) is 14.4. The van der Waals surface area contributed by atoms with Crippen LogP contribution in [-0.4, -0.2) is 56.5 Å². The minimum atomic E-state index is -0.871. The zero-order chi connectivity index (χ0) is 18.5. The summed E-state index contributed by atoms with van der Waals surface area (Å²) < 4.78 is 15.4. The van der Waals surface area contributed by atoms with E-state index in [1.165, 1.54) is 6.20 Å². The normalized spacial score (nSPS) is 20.1. The summed E-state index contributed by atoms with van der Waals surface area (Å²) in [6.07, 6.45) is 4.92. The number of nitrogens with one attached hydrogen (secondary N) is 2. The van der Waals surface area contributed by atoms with Crippen LogP contribution < -0.4 is 10.6 Å². The molecule has 2 atom stereocenters. The molecule has 0 amide bonds. The third-order valence-electron chi connectivity index (χ3n) is 4.20. The number of aryl methyl sites for hydroxylation is 1. The first-order valence-electron chi connectivity index (χ1n) is 8.32. The number of rotatable bonds is 7. The van der Waals surface area contributed by atoms with Gasteiger partial charge >= 0.3 is 0 Å². The largest absolute Gasteiger partial charge is 0.367 e. The summed E-state index contributed by atoms with van der Waals surface area (Å²) in [6.45, 7) is 1.42. The van der Waals surface area contributed by atoms with Crippen molar-refractivity contribution < 1.29 is 4.39 Å². The molecule has 2 aromatic heterocycles. The summed E-state index contributed by atoms with van der Waals surface area (Å²) in [5, 5.41) is 19.4. The number of anilines is 3. The molecule has 1 aliphatic rings. The number of nitriles is 1. The quantitative estimate of drug-likeness (QED) is 0.763. The lowest BCUT2D eigenvalue weighted by Crippen LogP contribution is -2.35. The molecule has 1 unspecified atom stereocenters. The Labute approximate surface area is 156 Å². The maximum atomic E-state index is 13.7. The second-order valence-electron chi connectivity index (χ2n) is 6.19. The number of hydrogen-bond acceptors (Lipinski definition) is 7. The van der Waals surface area contributed by atoms with Gasteiger partial charge in [0.1, 0.15) is 11.2 Å². The van der Waals surface area contributed by atoms with Crippen LogP contribution in [0.1, 0.15) is 12.8 Å². The van der Waals surface area contributed by atoms with E-state index in [1.54, 1.807) is 17.1 Å². The van der Waals surface area contributed by atoms with Crippen molar-refractivity contribution in [3.63, 3.8) is 0 Å². The first-order valence-corrected chi connectivity index (χ1v) is 8.70. The van der Waals surface area contributed by atoms with Crippen LogP contribution in [0, 0.1) is 11.3 Å². The van der Waals surface area contributed by atoms with Crippen LogP contribution in [0.25, 0.3) is 0 Å². The molecule has 138 valence electrons. The molecule has 0 aliphatic carbocycles. The Bertz CT molecular complexity index is 789. The first-order chi connectivity index (χ1) is 12.5. The number of halogens is 2. The summed E-state index contributed by atoms with van der Waals surface area (Å²) in [7, 11) is 1.82. The van der Waals surface area contributed by atoms with Crippen LogP contribution in [0.15, 0.2) is 18.6 Å². The molecule has 2 aromatic rings. The highest BCUT2D eigenvalue weighted by Gasteiger charge is 2.31. The Hall–Kier alpha value is -2.44. The summed E-state index contributed by atoms with van der Waals surface area (Å²) in [5.41, 5.74) is 0.763. The molecule has 3 rings (SSSR count). The Balaban J connectivity index is 1.63. The molecule has 2 N–H and O–H groups in total. The molecule has 0 saturated carbocycles. The SMILES string of the molecule is Cn1cc(Nc2ncc(Cl)c(NC[C@@H]3CC(F)CN3CCC#N)n2)cn1. The van der Waals surface area contributed by atoms with Gasteiger partial charge in [-0.2, -0.15) is 15.3 Å². The second-order valence-corrected chi connectivity index (χ2v) is 6.60. The second kappa shape index (κ2) is 8.29. The van der Waals surface area contributed by atoms with E-state index in [1.807, 2.05) is 11.9 Å². The van der Waals surface area contributed by atoms with Crippen molar-refractivity contribution in [1.82, 2.24) is 24.6 Å². The Morgan fingerprint density at radius 1 is 1.46 bits per heavy atom. The van der Waals surface area contributed by atoms with E-state index in [0.29, 0.717) is 49.3 Å². The number of aromatic nitrogens is 4. The highest BCUT2D eigenvalue weighted by Crippen LogP contribution is 2.24. The molecule has 1 saturated heterocycles. The zero-order valence-corrected chi connectivity index (χ0v) is 15.1. The monoisotopic (exact) mass is 378 g/mol. The van der Waals surface area contributed by atoms with Gasteiger partial charge in [0.15, 0.2) is 5.82 Å². The molecule has 0 spiro atoms. The van der Waals surface area contributed by atoms with Crippen molar-refractivity contribution in [3.8, 4) is 6.07 Å². The predicted octanol–water partition coefficient (Wildman–Crippen LogP) is 2.35. The van der Waals surface area contributed by atoms with Crippen LogP contribution in [0.3, 0.4) is 0 Å². The Morgan fingerprint density at radius 3 is 3.04 bits per heavy atom. The predicted molar refractivity (Wildman–Crippen MR) is 97.1 cm³/mol. The minimum Gasteiger partial charge on any atom is -0.367 e. The van der Waals surface area contributed by atoms with Gasteiger partial charge in [-0.25, -0.2) is 9.37 Å². The number of likely N-dealkylation sites (tertiary alicyclic amines) is 1. The molecule has 1 aliphatic heterocycles. The van der Waals surface area contributed by atoms with Gasteiger partial charge in [-0.05, 0) is 6.42 Å². The molecular weight excluding hydrogens is 359 g/mol. The van der Waals surface area contributed by atoms with Crippen molar-refractivity contribution in [3.05, 3.63) is 23.6 Å². The van der Waals surface area contributed by atoms with E-state index in [0.717, 1.165) is 5.69 Å². The lowest BCUT2D eigenvalue weighted by molar-refractivity contribution is 0.255. The van der Waals surface area contributed by atoms with E-state index >= 15 is 0 Å². The fourth-order valence-electron chi connectivity index (χ4n) is 2.98. The molecule has 1 fully saturated rings. The maximum Gasteiger partial charge on any atom is 0.229 e. The van der Waals surface area contributed by atoms with Crippen LogP contribution in [0.4, 0.5) is 21.8 Å². The fraction of sp³-hybridized carbons (Fsp3) is 0.500. The summed E-state index contributed by atoms with van der Waals surface area (Å²) in [6, 6.07) is 2.10. The van der Waals surface area contributed by atoms with E-state index in [2.05, 4.69) is 31.8 Å². The summed E-state index contributed by atoms with van der Waals surface area (Å²) >= 11 is 6.17. The Kier molecular flexibility index (Phi) is 5.85. The van der Waals surface area contributed by atoms with E-state index in [9.17, 15) is 4.39 Å². The Morgan fingerprint density at radius 2 is 2.31 bits per heavy atom. The van der Waals surface area contributed by atoms with Gasteiger partial charge in [0.05, 0.1) is 24.2 Å². The van der Waals surface area contributed by atoms with E-state index in [4.69, 9.17) is 16.9 Å². The first kappa shape index (κ1) is 18.4. The van der Waals surface area contributed by atoms with Crippen LogP contribution >= 0.6 is 11.6 Å². The van der Waals surface area contributed by atoms with Crippen LogP contribution in [-0.2, 0) is 7.05 Å². The van der Waals surface area contributed by atoms with Crippen molar-refractivity contribution in [2.75, 3.05) is 30.3 Å². The third kappa shape index (κ3) is 4.59. The van der Waals surface area contributed by atoms with Gasteiger partial charge in [-0.1, -0.05) is 11.6 Å².